The normalized spacial score (nSPS) is 18.1. The summed E-state index contributed by atoms with van der Waals surface area (Å²) in [5, 5.41) is 0. The number of carbonyl (C=O) groups is 2. The van der Waals surface area contributed by atoms with E-state index < -0.39 is 18.2 Å². The van der Waals surface area contributed by atoms with Crippen LogP contribution in [0.5, 0.6) is 0 Å². The van der Waals surface area contributed by atoms with E-state index in [1.807, 2.05) is 13.8 Å². The topological polar surface area (TPSA) is 61.8 Å². The molecular formula is C10H16O5. The fourth-order valence-electron chi connectivity index (χ4n) is 0.739. The molecule has 0 aromatic carbocycles. The number of carbonyl (C=O) groups excluding carboxylic acids is 2. The Balaban J connectivity index is 0.000000921. The van der Waals surface area contributed by atoms with Crippen LogP contribution in [0.4, 0.5) is 4.79 Å². The van der Waals surface area contributed by atoms with E-state index in [1.54, 1.807) is 6.92 Å². The SMILES string of the molecule is C=C(C)C(=O)OCC1COC(=O)O1.CC. The highest BCUT2D eigenvalue weighted by Crippen LogP contribution is 2.06. The maximum absolute atomic E-state index is 10.9. The second kappa shape index (κ2) is 6.86. The van der Waals surface area contributed by atoms with Crippen LogP contribution in [0.3, 0.4) is 0 Å². The Morgan fingerprint density at radius 3 is 2.60 bits per heavy atom. The van der Waals surface area contributed by atoms with Gasteiger partial charge in [0.15, 0.2) is 6.10 Å². The van der Waals surface area contributed by atoms with E-state index in [9.17, 15) is 9.59 Å². The van der Waals surface area contributed by atoms with E-state index in [-0.39, 0.29) is 13.2 Å². The third-order valence-corrected chi connectivity index (χ3v) is 1.40. The summed E-state index contributed by atoms with van der Waals surface area (Å²) in [5.74, 6) is -0.497. The van der Waals surface area contributed by atoms with Gasteiger partial charge < -0.3 is 14.2 Å². The van der Waals surface area contributed by atoms with Gasteiger partial charge in [-0.1, -0.05) is 20.4 Å². The van der Waals surface area contributed by atoms with Crippen molar-refractivity contribution in [3.63, 3.8) is 0 Å². The molecule has 0 radical (unpaired) electrons. The van der Waals surface area contributed by atoms with Crippen molar-refractivity contribution in [1.82, 2.24) is 0 Å². The first kappa shape index (κ1) is 13.5. The number of hydrogen-bond acceptors (Lipinski definition) is 5. The minimum absolute atomic E-state index is 0.0113. The summed E-state index contributed by atoms with van der Waals surface area (Å²) in [6, 6.07) is 0. The molecule has 0 spiro atoms. The summed E-state index contributed by atoms with van der Waals surface area (Å²) >= 11 is 0. The van der Waals surface area contributed by atoms with E-state index in [0.29, 0.717) is 5.57 Å². The second-order valence-electron chi connectivity index (χ2n) is 2.68. The van der Waals surface area contributed by atoms with Gasteiger partial charge in [-0.05, 0) is 6.92 Å². The first-order valence-electron chi connectivity index (χ1n) is 4.75. The third-order valence-electron chi connectivity index (χ3n) is 1.40. The summed E-state index contributed by atoms with van der Waals surface area (Å²) in [5.41, 5.74) is 0.310. The molecule has 86 valence electrons. The molecule has 1 unspecified atom stereocenters. The van der Waals surface area contributed by atoms with Crippen molar-refractivity contribution >= 4 is 12.1 Å². The van der Waals surface area contributed by atoms with Crippen molar-refractivity contribution in [2.75, 3.05) is 13.2 Å². The van der Waals surface area contributed by atoms with Gasteiger partial charge in [0.2, 0.25) is 0 Å². The van der Waals surface area contributed by atoms with Crippen molar-refractivity contribution in [2.24, 2.45) is 0 Å². The number of esters is 1. The lowest BCUT2D eigenvalue weighted by molar-refractivity contribution is -0.141. The molecule has 1 aliphatic rings. The van der Waals surface area contributed by atoms with Crippen LogP contribution in [-0.2, 0) is 19.0 Å². The Labute approximate surface area is 89.0 Å². The van der Waals surface area contributed by atoms with Crippen LogP contribution in [0.2, 0.25) is 0 Å². The third kappa shape index (κ3) is 5.05. The molecule has 0 N–H and O–H groups in total. The van der Waals surface area contributed by atoms with Crippen molar-refractivity contribution in [3.8, 4) is 0 Å². The van der Waals surface area contributed by atoms with Crippen molar-refractivity contribution < 1.29 is 23.8 Å². The van der Waals surface area contributed by atoms with Crippen LogP contribution >= 0.6 is 0 Å². The number of cyclic esters (lactones) is 2. The largest absolute Gasteiger partial charge is 0.508 e. The first-order chi connectivity index (χ1) is 7.09. The van der Waals surface area contributed by atoms with Gasteiger partial charge in [0.05, 0.1) is 0 Å². The Morgan fingerprint density at radius 2 is 2.20 bits per heavy atom. The molecule has 1 heterocycles. The first-order valence-corrected chi connectivity index (χ1v) is 4.75. The smallest absolute Gasteiger partial charge is 0.458 e. The second-order valence-corrected chi connectivity index (χ2v) is 2.68. The van der Waals surface area contributed by atoms with E-state index in [2.05, 4.69) is 16.1 Å². The molecule has 1 atom stereocenters. The Hall–Kier alpha value is -1.52. The van der Waals surface area contributed by atoms with Crippen LogP contribution in [0.1, 0.15) is 20.8 Å². The highest BCUT2D eigenvalue weighted by Gasteiger charge is 2.26. The molecule has 5 nitrogen and oxygen atoms in total. The van der Waals surface area contributed by atoms with Crippen LogP contribution in [0.15, 0.2) is 12.2 Å². The Bertz CT molecular complexity index is 246. The quantitative estimate of drug-likeness (QED) is 0.530. The average molecular weight is 216 g/mol. The van der Waals surface area contributed by atoms with Gasteiger partial charge in [-0.2, -0.15) is 0 Å². The lowest BCUT2D eigenvalue weighted by Crippen LogP contribution is -2.20. The molecule has 1 fully saturated rings. The predicted molar refractivity (Wildman–Crippen MR) is 53.3 cm³/mol. The van der Waals surface area contributed by atoms with Gasteiger partial charge in [-0.15, -0.1) is 0 Å². The van der Waals surface area contributed by atoms with Gasteiger partial charge in [0.25, 0.3) is 0 Å². The standard InChI is InChI=1S/C8H10O5.C2H6/c1-5(2)7(9)11-3-6-4-12-8(10)13-6;1-2/h6H,1,3-4H2,2H3;1-2H3. The molecule has 0 aromatic heterocycles. The van der Waals surface area contributed by atoms with Crippen molar-refractivity contribution in [3.05, 3.63) is 12.2 Å². The summed E-state index contributed by atoms with van der Waals surface area (Å²) in [6.45, 7) is 9.08. The van der Waals surface area contributed by atoms with E-state index in [4.69, 9.17) is 4.74 Å². The minimum Gasteiger partial charge on any atom is -0.458 e. The number of rotatable bonds is 3. The predicted octanol–water partition coefficient (Wildman–Crippen LogP) is 1.67. The molecule has 0 saturated carbocycles. The molecule has 0 amide bonds. The van der Waals surface area contributed by atoms with Crippen LogP contribution < -0.4 is 0 Å². The van der Waals surface area contributed by atoms with Gasteiger partial charge >= 0.3 is 12.1 Å². The van der Waals surface area contributed by atoms with E-state index in [1.165, 1.54) is 0 Å². The van der Waals surface area contributed by atoms with E-state index in [0.717, 1.165) is 0 Å². The molecule has 0 aliphatic carbocycles. The maximum Gasteiger partial charge on any atom is 0.508 e. The maximum atomic E-state index is 10.9. The van der Waals surface area contributed by atoms with Gasteiger partial charge in [0, 0.05) is 5.57 Å². The summed E-state index contributed by atoms with van der Waals surface area (Å²) in [6.07, 6.45) is -1.22. The fraction of sp³-hybridized carbons (Fsp3) is 0.600. The molecule has 0 aromatic rings. The van der Waals surface area contributed by atoms with E-state index >= 15 is 0 Å². The lowest BCUT2D eigenvalue weighted by Gasteiger charge is -2.06. The summed E-state index contributed by atoms with van der Waals surface area (Å²) < 4.78 is 13.8. The van der Waals surface area contributed by atoms with Gasteiger partial charge in [-0.3, -0.25) is 0 Å². The zero-order valence-corrected chi connectivity index (χ0v) is 9.24. The van der Waals surface area contributed by atoms with Gasteiger partial charge in [-0.25, -0.2) is 9.59 Å². The molecule has 1 saturated heterocycles. The molecule has 15 heavy (non-hydrogen) atoms. The highest BCUT2D eigenvalue weighted by atomic mass is 16.8. The number of ether oxygens (including phenoxy) is 3. The van der Waals surface area contributed by atoms with Crippen LogP contribution in [0, 0.1) is 0 Å². The van der Waals surface area contributed by atoms with Crippen molar-refractivity contribution in [2.45, 2.75) is 26.9 Å². The van der Waals surface area contributed by atoms with Crippen LogP contribution in [0.25, 0.3) is 0 Å². The van der Waals surface area contributed by atoms with Crippen LogP contribution in [-0.4, -0.2) is 31.4 Å². The van der Waals surface area contributed by atoms with Gasteiger partial charge in [0.1, 0.15) is 13.2 Å². The molecule has 0 bridgehead atoms. The Morgan fingerprint density at radius 1 is 1.60 bits per heavy atom. The molecule has 5 heteroatoms. The lowest BCUT2D eigenvalue weighted by atomic mass is 10.3. The molecule has 1 rings (SSSR count). The monoisotopic (exact) mass is 216 g/mol. The Kier molecular flexibility index (Phi) is 6.17. The summed E-state index contributed by atoms with van der Waals surface area (Å²) in [7, 11) is 0. The molecular weight excluding hydrogens is 200 g/mol. The average Bonchev–Trinajstić information content (AvgIpc) is 2.63. The fourth-order valence-corrected chi connectivity index (χ4v) is 0.739. The highest BCUT2D eigenvalue weighted by molar-refractivity contribution is 5.86. The minimum atomic E-state index is -0.726. The number of hydrogen-bond donors (Lipinski definition) is 0. The summed E-state index contributed by atoms with van der Waals surface area (Å²) in [4.78, 5) is 21.3. The zero-order chi connectivity index (χ0) is 11.8. The van der Waals surface area contributed by atoms with Crippen molar-refractivity contribution in [1.29, 1.82) is 0 Å². The molecule has 1 aliphatic heterocycles. The zero-order valence-electron chi connectivity index (χ0n) is 9.24.